The third kappa shape index (κ3) is 9.16. The zero-order valence-electron chi connectivity index (χ0n) is 18.8. The van der Waals surface area contributed by atoms with Gasteiger partial charge < -0.3 is 19.3 Å². The Bertz CT molecular complexity index is 1030. The SMILES string of the molecule is CO[C@H](C/C=C/C=C/C(=O)NO)[C@H](OC(=O)Nc1ccc(F)cc1F)c1ccc(OCCO)cc1. The van der Waals surface area contributed by atoms with Crippen LogP contribution in [0.3, 0.4) is 0 Å². The number of nitrogens with one attached hydrogen (secondary N) is 2. The molecule has 4 N–H and O–H groups in total. The zero-order valence-corrected chi connectivity index (χ0v) is 18.8. The van der Waals surface area contributed by atoms with Crippen molar-refractivity contribution in [3.63, 3.8) is 0 Å². The third-order valence-electron chi connectivity index (χ3n) is 4.58. The Kier molecular flexibility index (Phi) is 11.3. The van der Waals surface area contributed by atoms with Crippen LogP contribution in [0, 0.1) is 11.6 Å². The lowest BCUT2D eigenvalue weighted by molar-refractivity contribution is -0.124. The van der Waals surface area contributed by atoms with Crippen LogP contribution in [0.2, 0.25) is 0 Å². The lowest BCUT2D eigenvalue weighted by Gasteiger charge is -2.26. The van der Waals surface area contributed by atoms with Crippen molar-refractivity contribution >= 4 is 17.7 Å². The number of amides is 2. The van der Waals surface area contributed by atoms with Gasteiger partial charge in [-0.1, -0.05) is 30.4 Å². The van der Waals surface area contributed by atoms with Crippen molar-refractivity contribution in [1.82, 2.24) is 5.48 Å². The number of carbonyl (C=O) groups excluding carboxylic acids is 2. The molecule has 2 aromatic rings. The molecule has 2 rings (SSSR count). The first kappa shape index (κ1) is 27.4. The summed E-state index contributed by atoms with van der Waals surface area (Å²) in [4.78, 5) is 23.6. The number of aliphatic hydroxyl groups excluding tert-OH is 1. The van der Waals surface area contributed by atoms with Crippen molar-refractivity contribution in [3.05, 3.63) is 84.0 Å². The maximum Gasteiger partial charge on any atom is 0.412 e. The average Bonchev–Trinajstić information content (AvgIpc) is 2.85. The molecule has 0 saturated carbocycles. The van der Waals surface area contributed by atoms with E-state index in [1.807, 2.05) is 0 Å². The van der Waals surface area contributed by atoms with E-state index in [0.717, 1.165) is 18.2 Å². The van der Waals surface area contributed by atoms with Crippen LogP contribution in [0.25, 0.3) is 0 Å². The number of benzene rings is 2. The molecule has 0 aliphatic heterocycles. The third-order valence-corrected chi connectivity index (χ3v) is 4.58. The van der Waals surface area contributed by atoms with Crippen LogP contribution in [0.5, 0.6) is 5.75 Å². The number of aliphatic hydroxyl groups is 1. The number of anilines is 1. The van der Waals surface area contributed by atoms with Gasteiger partial charge >= 0.3 is 6.09 Å². The highest BCUT2D eigenvalue weighted by Crippen LogP contribution is 2.28. The second-order valence-electron chi connectivity index (χ2n) is 6.99. The normalized spacial score (nSPS) is 12.9. The molecule has 9 nitrogen and oxygen atoms in total. The van der Waals surface area contributed by atoms with E-state index >= 15 is 0 Å². The summed E-state index contributed by atoms with van der Waals surface area (Å²) in [6.07, 6.45) is 3.29. The van der Waals surface area contributed by atoms with E-state index in [9.17, 15) is 18.4 Å². The molecule has 0 spiro atoms. The standard InChI is InChI=1S/C24H26F2N2O7/c1-33-21(5-3-2-4-6-22(30)28-32)23(16-7-10-18(11-8-16)34-14-13-29)35-24(31)27-20-12-9-17(25)15-19(20)26/h2-4,6-12,15,21,23,29,32H,5,13-14H2,1H3,(H,27,31)(H,28,30)/b3-2+,6-4+/t21-,23-/m1/s1. The number of hydrogen-bond acceptors (Lipinski definition) is 7. The summed E-state index contributed by atoms with van der Waals surface area (Å²) in [6.45, 7) is -0.0433. The van der Waals surface area contributed by atoms with E-state index in [4.69, 9.17) is 24.5 Å². The van der Waals surface area contributed by atoms with Crippen molar-refractivity contribution in [1.29, 1.82) is 0 Å². The Balaban J connectivity index is 2.21. The summed E-state index contributed by atoms with van der Waals surface area (Å²) in [5.74, 6) is -1.97. The van der Waals surface area contributed by atoms with Crippen molar-refractivity contribution in [2.75, 3.05) is 25.6 Å². The number of methoxy groups -OCH3 is 1. The van der Waals surface area contributed by atoms with E-state index in [1.54, 1.807) is 30.3 Å². The first-order valence-electron chi connectivity index (χ1n) is 10.4. The van der Waals surface area contributed by atoms with Crippen LogP contribution >= 0.6 is 0 Å². The van der Waals surface area contributed by atoms with Crippen LogP contribution < -0.4 is 15.5 Å². The number of rotatable bonds is 12. The molecule has 2 amide bonds. The fourth-order valence-corrected chi connectivity index (χ4v) is 2.94. The van der Waals surface area contributed by atoms with Gasteiger partial charge in [0.2, 0.25) is 0 Å². The van der Waals surface area contributed by atoms with E-state index in [2.05, 4.69) is 5.32 Å². The summed E-state index contributed by atoms with van der Waals surface area (Å²) >= 11 is 0. The maximum atomic E-state index is 13.9. The topological polar surface area (TPSA) is 126 Å². The van der Waals surface area contributed by atoms with Gasteiger partial charge in [0, 0.05) is 19.3 Å². The molecule has 0 aromatic heterocycles. The second kappa shape index (κ2) is 14.5. The molecule has 0 saturated heterocycles. The number of carbonyl (C=O) groups is 2. The minimum absolute atomic E-state index is 0.109. The van der Waals surface area contributed by atoms with Gasteiger partial charge in [-0.05, 0) is 36.2 Å². The van der Waals surface area contributed by atoms with Gasteiger partial charge in [0.05, 0.1) is 12.3 Å². The molecule has 2 atom stereocenters. The Labute approximate surface area is 200 Å². The van der Waals surface area contributed by atoms with Gasteiger partial charge in [-0.25, -0.2) is 19.1 Å². The molecular formula is C24H26F2N2O7. The second-order valence-corrected chi connectivity index (χ2v) is 6.99. The van der Waals surface area contributed by atoms with Gasteiger partial charge in [-0.2, -0.15) is 0 Å². The Morgan fingerprint density at radius 3 is 2.49 bits per heavy atom. The van der Waals surface area contributed by atoms with Crippen molar-refractivity contribution < 1.29 is 42.9 Å². The Morgan fingerprint density at radius 2 is 1.86 bits per heavy atom. The first-order chi connectivity index (χ1) is 16.9. The maximum absolute atomic E-state index is 13.9. The largest absolute Gasteiger partial charge is 0.491 e. The highest BCUT2D eigenvalue weighted by molar-refractivity contribution is 5.86. The highest BCUT2D eigenvalue weighted by Gasteiger charge is 2.27. The molecule has 0 unspecified atom stereocenters. The molecule has 0 heterocycles. The van der Waals surface area contributed by atoms with Crippen molar-refractivity contribution in [3.8, 4) is 5.75 Å². The first-order valence-corrected chi connectivity index (χ1v) is 10.4. The number of allylic oxidation sites excluding steroid dienone is 2. The predicted octanol–water partition coefficient (Wildman–Crippen LogP) is 3.65. The number of ether oxygens (including phenoxy) is 3. The molecule has 0 radical (unpaired) electrons. The molecule has 0 aliphatic carbocycles. The Morgan fingerprint density at radius 1 is 1.11 bits per heavy atom. The molecule has 0 aliphatic rings. The van der Waals surface area contributed by atoms with E-state index < -0.39 is 35.8 Å². The predicted molar refractivity (Wildman–Crippen MR) is 122 cm³/mol. The van der Waals surface area contributed by atoms with Crippen LogP contribution in [0.4, 0.5) is 19.3 Å². The summed E-state index contributed by atoms with van der Waals surface area (Å²) < 4.78 is 43.5. The molecule has 11 heteroatoms. The highest BCUT2D eigenvalue weighted by atomic mass is 19.1. The van der Waals surface area contributed by atoms with Crippen molar-refractivity contribution in [2.24, 2.45) is 0 Å². The molecular weight excluding hydrogens is 466 g/mol. The number of halogens is 2. The fourth-order valence-electron chi connectivity index (χ4n) is 2.94. The van der Waals surface area contributed by atoms with E-state index in [1.165, 1.54) is 24.7 Å². The molecule has 0 fully saturated rings. The lowest BCUT2D eigenvalue weighted by Crippen LogP contribution is -2.28. The number of hydroxylamine groups is 1. The average molecular weight is 492 g/mol. The molecule has 0 bridgehead atoms. The zero-order chi connectivity index (χ0) is 25.6. The summed E-state index contributed by atoms with van der Waals surface area (Å²) in [6, 6.07) is 9.23. The van der Waals surface area contributed by atoms with Crippen LogP contribution in [0.1, 0.15) is 18.1 Å². The van der Waals surface area contributed by atoms with Gasteiger partial charge in [0.15, 0.2) is 6.10 Å². The molecule has 2 aromatic carbocycles. The van der Waals surface area contributed by atoms with Crippen LogP contribution in [0.15, 0.2) is 66.8 Å². The Hall–Kier alpha value is -3.80. The smallest absolute Gasteiger partial charge is 0.412 e. The van der Waals surface area contributed by atoms with Crippen LogP contribution in [-0.2, 0) is 14.3 Å². The number of hydrogen-bond donors (Lipinski definition) is 4. The minimum atomic E-state index is -0.994. The minimum Gasteiger partial charge on any atom is -0.491 e. The van der Waals surface area contributed by atoms with Gasteiger partial charge in [-0.3, -0.25) is 15.3 Å². The van der Waals surface area contributed by atoms with Gasteiger partial charge in [0.1, 0.15) is 30.1 Å². The monoisotopic (exact) mass is 492 g/mol. The summed E-state index contributed by atoms with van der Waals surface area (Å²) in [5.41, 5.74) is 1.73. The lowest BCUT2D eigenvalue weighted by atomic mass is 10.0. The van der Waals surface area contributed by atoms with E-state index in [0.29, 0.717) is 17.4 Å². The van der Waals surface area contributed by atoms with E-state index in [-0.39, 0.29) is 25.3 Å². The fraction of sp³-hybridized carbons (Fsp3) is 0.250. The van der Waals surface area contributed by atoms with Crippen LogP contribution in [-0.4, -0.2) is 48.7 Å². The molecule has 35 heavy (non-hydrogen) atoms. The van der Waals surface area contributed by atoms with Gasteiger partial charge in [-0.15, -0.1) is 0 Å². The van der Waals surface area contributed by atoms with Crippen molar-refractivity contribution in [2.45, 2.75) is 18.6 Å². The quantitative estimate of drug-likeness (QED) is 0.154. The summed E-state index contributed by atoms with van der Waals surface area (Å²) in [7, 11) is 1.42. The summed E-state index contributed by atoms with van der Waals surface area (Å²) in [5, 5.41) is 19.6. The van der Waals surface area contributed by atoms with Gasteiger partial charge in [0.25, 0.3) is 5.91 Å². The molecule has 188 valence electrons.